The lowest BCUT2D eigenvalue weighted by atomic mass is 9.88. The van der Waals surface area contributed by atoms with E-state index in [9.17, 15) is 0 Å². The van der Waals surface area contributed by atoms with E-state index in [-0.39, 0.29) is 6.04 Å². The Kier molecular flexibility index (Phi) is 3.75. The Morgan fingerprint density at radius 3 is 2.95 bits per heavy atom. The summed E-state index contributed by atoms with van der Waals surface area (Å²) in [6, 6.07) is 14.9. The van der Waals surface area contributed by atoms with Crippen LogP contribution in [0.15, 0.2) is 42.5 Å². The topological polar surface area (TPSA) is 35.2 Å². The van der Waals surface area contributed by atoms with Gasteiger partial charge in [-0.25, -0.2) is 0 Å². The van der Waals surface area contributed by atoms with Gasteiger partial charge in [0.15, 0.2) is 0 Å². The van der Waals surface area contributed by atoms with Gasteiger partial charge in [0, 0.05) is 6.04 Å². The molecule has 2 aromatic rings. The highest BCUT2D eigenvalue weighted by Crippen LogP contribution is 2.31. The van der Waals surface area contributed by atoms with Crippen molar-refractivity contribution in [2.75, 3.05) is 0 Å². The monoisotopic (exact) mass is 267 g/mol. The molecule has 0 heterocycles. The second-order valence-electron chi connectivity index (χ2n) is 5.64. The van der Waals surface area contributed by atoms with E-state index in [1.807, 2.05) is 0 Å². The predicted octanol–water partition coefficient (Wildman–Crippen LogP) is 3.91. The van der Waals surface area contributed by atoms with Gasteiger partial charge in [-0.2, -0.15) is 0 Å². The number of ether oxygens (including phenoxy) is 1. The molecule has 1 aliphatic carbocycles. The first-order valence-electron chi connectivity index (χ1n) is 7.29. The molecular formula is C18H21NO. The van der Waals surface area contributed by atoms with Crippen molar-refractivity contribution in [1.82, 2.24) is 0 Å². The van der Waals surface area contributed by atoms with E-state index < -0.39 is 0 Å². The highest BCUT2D eigenvalue weighted by molar-refractivity contribution is 5.39. The van der Waals surface area contributed by atoms with Gasteiger partial charge in [0.1, 0.15) is 12.4 Å². The van der Waals surface area contributed by atoms with Crippen molar-refractivity contribution in [1.29, 1.82) is 0 Å². The standard InChI is InChI=1S/C18H21NO/c1-13-4-2-5-14(10-13)12-20-16-9-8-15-6-3-7-18(19)17(15)11-16/h2,4-5,8-11,18H,3,6-7,12,19H2,1H3/t18-/m0/s1. The van der Waals surface area contributed by atoms with Crippen LogP contribution in [0.3, 0.4) is 0 Å². The number of hydrogen-bond acceptors (Lipinski definition) is 2. The Hall–Kier alpha value is -1.80. The summed E-state index contributed by atoms with van der Waals surface area (Å²) in [5.74, 6) is 0.919. The Morgan fingerprint density at radius 1 is 1.20 bits per heavy atom. The Labute approximate surface area is 120 Å². The molecule has 0 saturated carbocycles. The van der Waals surface area contributed by atoms with Crippen LogP contribution in [0.2, 0.25) is 0 Å². The molecule has 2 N–H and O–H groups in total. The molecule has 1 aliphatic rings. The summed E-state index contributed by atoms with van der Waals surface area (Å²) in [7, 11) is 0. The number of hydrogen-bond donors (Lipinski definition) is 1. The SMILES string of the molecule is Cc1cccc(COc2ccc3c(c2)[C@@H](N)CCC3)c1. The van der Waals surface area contributed by atoms with Crippen LogP contribution in [0.4, 0.5) is 0 Å². The van der Waals surface area contributed by atoms with Crippen molar-refractivity contribution in [2.45, 2.75) is 38.8 Å². The average molecular weight is 267 g/mol. The predicted molar refractivity (Wildman–Crippen MR) is 81.8 cm³/mol. The fourth-order valence-electron chi connectivity index (χ4n) is 2.87. The van der Waals surface area contributed by atoms with E-state index in [1.54, 1.807) is 0 Å². The summed E-state index contributed by atoms with van der Waals surface area (Å²) in [5, 5.41) is 0. The van der Waals surface area contributed by atoms with Gasteiger partial charge in [0.05, 0.1) is 0 Å². The number of rotatable bonds is 3. The van der Waals surface area contributed by atoms with Crippen molar-refractivity contribution in [3.63, 3.8) is 0 Å². The van der Waals surface area contributed by atoms with E-state index in [1.165, 1.54) is 28.7 Å². The average Bonchev–Trinajstić information content (AvgIpc) is 2.46. The van der Waals surface area contributed by atoms with Crippen LogP contribution in [0.25, 0.3) is 0 Å². The molecule has 2 heteroatoms. The van der Waals surface area contributed by atoms with E-state index in [0.717, 1.165) is 18.6 Å². The third-order valence-electron chi connectivity index (χ3n) is 3.97. The first-order chi connectivity index (χ1) is 9.72. The molecule has 3 rings (SSSR count). The maximum atomic E-state index is 6.19. The molecule has 0 fully saturated rings. The summed E-state index contributed by atoms with van der Waals surface area (Å²) in [5.41, 5.74) is 11.3. The molecule has 0 spiro atoms. The largest absolute Gasteiger partial charge is 0.489 e. The van der Waals surface area contributed by atoms with Crippen LogP contribution in [0.5, 0.6) is 5.75 Å². The van der Waals surface area contributed by atoms with Crippen LogP contribution in [0, 0.1) is 6.92 Å². The van der Waals surface area contributed by atoms with Crippen LogP contribution >= 0.6 is 0 Å². The molecular weight excluding hydrogens is 246 g/mol. The van der Waals surface area contributed by atoms with Gasteiger partial charge < -0.3 is 10.5 Å². The van der Waals surface area contributed by atoms with Gasteiger partial charge in [0.2, 0.25) is 0 Å². The quantitative estimate of drug-likeness (QED) is 0.915. The summed E-state index contributed by atoms with van der Waals surface area (Å²) in [6.45, 7) is 2.71. The van der Waals surface area contributed by atoms with Gasteiger partial charge >= 0.3 is 0 Å². The molecule has 2 nitrogen and oxygen atoms in total. The molecule has 2 aromatic carbocycles. The van der Waals surface area contributed by atoms with Crippen molar-refractivity contribution >= 4 is 0 Å². The van der Waals surface area contributed by atoms with Crippen molar-refractivity contribution in [3.05, 3.63) is 64.7 Å². The van der Waals surface area contributed by atoms with Gasteiger partial charge in [-0.1, -0.05) is 35.9 Å². The molecule has 104 valence electrons. The van der Waals surface area contributed by atoms with Crippen molar-refractivity contribution < 1.29 is 4.74 Å². The third-order valence-corrected chi connectivity index (χ3v) is 3.97. The molecule has 0 unspecified atom stereocenters. The fraction of sp³-hybridized carbons (Fsp3) is 0.333. The number of benzene rings is 2. The van der Waals surface area contributed by atoms with Gasteiger partial charge in [-0.05, 0) is 55.0 Å². The fourth-order valence-corrected chi connectivity index (χ4v) is 2.87. The second kappa shape index (κ2) is 5.68. The van der Waals surface area contributed by atoms with Crippen LogP contribution in [-0.4, -0.2) is 0 Å². The maximum absolute atomic E-state index is 6.19. The minimum atomic E-state index is 0.168. The van der Waals surface area contributed by atoms with Crippen LogP contribution in [-0.2, 0) is 13.0 Å². The zero-order valence-corrected chi connectivity index (χ0v) is 11.9. The zero-order valence-electron chi connectivity index (χ0n) is 11.9. The molecule has 0 amide bonds. The summed E-state index contributed by atoms with van der Waals surface area (Å²) >= 11 is 0. The third kappa shape index (κ3) is 2.86. The molecule has 0 bridgehead atoms. The highest BCUT2D eigenvalue weighted by atomic mass is 16.5. The Balaban J connectivity index is 1.73. The maximum Gasteiger partial charge on any atom is 0.120 e. The molecule has 1 atom stereocenters. The van der Waals surface area contributed by atoms with Gasteiger partial charge in [0.25, 0.3) is 0 Å². The highest BCUT2D eigenvalue weighted by Gasteiger charge is 2.17. The first kappa shape index (κ1) is 13.2. The number of nitrogens with two attached hydrogens (primary N) is 1. The molecule has 0 aliphatic heterocycles. The Bertz CT molecular complexity index is 606. The minimum absolute atomic E-state index is 0.168. The van der Waals surface area contributed by atoms with E-state index >= 15 is 0 Å². The lowest BCUT2D eigenvalue weighted by Crippen LogP contribution is -2.17. The van der Waals surface area contributed by atoms with Gasteiger partial charge in [-0.15, -0.1) is 0 Å². The van der Waals surface area contributed by atoms with Crippen LogP contribution < -0.4 is 10.5 Å². The lowest BCUT2D eigenvalue weighted by Gasteiger charge is -2.22. The second-order valence-corrected chi connectivity index (χ2v) is 5.64. The smallest absolute Gasteiger partial charge is 0.120 e. The summed E-state index contributed by atoms with van der Waals surface area (Å²) in [6.07, 6.45) is 3.41. The summed E-state index contributed by atoms with van der Waals surface area (Å²) in [4.78, 5) is 0. The normalized spacial score (nSPS) is 17.6. The Morgan fingerprint density at radius 2 is 2.10 bits per heavy atom. The molecule has 20 heavy (non-hydrogen) atoms. The minimum Gasteiger partial charge on any atom is -0.489 e. The zero-order chi connectivity index (χ0) is 13.9. The lowest BCUT2D eigenvalue weighted by molar-refractivity contribution is 0.305. The molecule has 0 aromatic heterocycles. The van der Waals surface area contributed by atoms with E-state index in [2.05, 4.69) is 49.4 Å². The number of fused-ring (bicyclic) bond motifs is 1. The van der Waals surface area contributed by atoms with Gasteiger partial charge in [-0.3, -0.25) is 0 Å². The van der Waals surface area contributed by atoms with E-state index in [4.69, 9.17) is 10.5 Å². The van der Waals surface area contributed by atoms with Crippen molar-refractivity contribution in [2.24, 2.45) is 5.73 Å². The van der Waals surface area contributed by atoms with Crippen molar-refractivity contribution in [3.8, 4) is 5.75 Å². The summed E-state index contributed by atoms with van der Waals surface area (Å²) < 4.78 is 5.91. The number of aryl methyl sites for hydroxylation is 2. The first-order valence-corrected chi connectivity index (χ1v) is 7.29. The van der Waals surface area contributed by atoms with Crippen LogP contribution in [0.1, 0.15) is 41.1 Å². The van der Waals surface area contributed by atoms with E-state index in [0.29, 0.717) is 6.61 Å². The molecule has 0 radical (unpaired) electrons. The molecule has 0 saturated heterocycles.